The molecule has 2 atom stereocenters. The average molecular weight is 331 g/mol. The van der Waals surface area contributed by atoms with Crippen LogP contribution in [-0.4, -0.2) is 52.8 Å². The summed E-state index contributed by atoms with van der Waals surface area (Å²) in [6.07, 6.45) is -5.09. The normalized spacial score (nSPS) is 19.8. The second-order valence-electron chi connectivity index (χ2n) is 4.51. The Bertz CT molecular complexity index is 571. The van der Waals surface area contributed by atoms with Crippen LogP contribution in [-0.2, 0) is 9.53 Å². The molecule has 0 aliphatic carbocycles. The zero-order valence-electron chi connectivity index (χ0n) is 11.9. The minimum absolute atomic E-state index is 0.501. The Morgan fingerprint density at radius 3 is 2.73 bits per heavy atom. The number of anilines is 1. The van der Waals surface area contributed by atoms with Gasteiger partial charge in [0, 0.05) is 19.8 Å². The van der Waals surface area contributed by atoms with E-state index in [0.717, 1.165) is 12.1 Å². The van der Waals surface area contributed by atoms with Crippen molar-refractivity contribution in [3.63, 3.8) is 0 Å². The number of ether oxygens (including phenoxy) is 1. The zero-order valence-corrected chi connectivity index (χ0v) is 12.7. The lowest BCUT2D eigenvalue weighted by Gasteiger charge is -2.22. The molecule has 2 N–H and O–H groups in total. The number of amides is 1. The number of thioether (sulfide) groups is 1. The van der Waals surface area contributed by atoms with Crippen molar-refractivity contribution >= 4 is 28.4 Å². The highest BCUT2D eigenvalue weighted by molar-refractivity contribution is 8.14. The van der Waals surface area contributed by atoms with Gasteiger partial charge < -0.3 is 15.2 Å². The van der Waals surface area contributed by atoms with Crippen LogP contribution in [0.4, 0.5) is 14.5 Å². The number of halogens is 2. The molecule has 2 unspecified atom stereocenters. The SMILES string of the molecule is COC(F)(F)C1=NN(C)C(C(O)C(=O)Nc2ccccc2)S1. The van der Waals surface area contributed by atoms with Crippen molar-refractivity contribution in [2.24, 2.45) is 5.10 Å². The van der Waals surface area contributed by atoms with Gasteiger partial charge in [-0.1, -0.05) is 30.0 Å². The number of nitrogens with zero attached hydrogens (tertiary/aromatic N) is 2. The molecule has 1 aliphatic heterocycles. The number of hydrazone groups is 1. The molecule has 0 saturated carbocycles. The Labute approximate surface area is 130 Å². The van der Waals surface area contributed by atoms with Crippen LogP contribution in [0.1, 0.15) is 0 Å². The minimum atomic E-state index is -3.55. The topological polar surface area (TPSA) is 74.2 Å². The van der Waals surface area contributed by atoms with Gasteiger partial charge in [-0.25, -0.2) is 0 Å². The summed E-state index contributed by atoms with van der Waals surface area (Å²) in [5, 5.41) is 15.8. The number of hydrogen-bond acceptors (Lipinski definition) is 6. The minimum Gasteiger partial charge on any atom is -0.380 e. The summed E-state index contributed by atoms with van der Waals surface area (Å²) in [6.45, 7) is 0. The molecule has 1 aromatic carbocycles. The van der Waals surface area contributed by atoms with Crippen molar-refractivity contribution < 1.29 is 23.4 Å². The number of hydrogen-bond donors (Lipinski definition) is 2. The molecule has 1 amide bonds. The van der Waals surface area contributed by atoms with Crippen molar-refractivity contribution in [3.05, 3.63) is 30.3 Å². The third-order valence-electron chi connectivity index (χ3n) is 2.93. The molecule has 0 saturated heterocycles. The lowest BCUT2D eigenvalue weighted by molar-refractivity contribution is -0.160. The Morgan fingerprint density at radius 1 is 1.50 bits per heavy atom. The molecule has 1 aromatic rings. The van der Waals surface area contributed by atoms with Crippen molar-refractivity contribution in [3.8, 4) is 0 Å². The first kappa shape index (κ1) is 16.7. The smallest absolute Gasteiger partial charge is 0.380 e. The summed E-state index contributed by atoms with van der Waals surface area (Å²) in [6, 6.07) is 8.52. The molecular formula is C13H15F2N3O3S. The molecule has 0 bridgehead atoms. The Kier molecular flexibility index (Phi) is 4.99. The van der Waals surface area contributed by atoms with Crippen LogP contribution in [0.3, 0.4) is 0 Å². The van der Waals surface area contributed by atoms with E-state index < -0.39 is 28.5 Å². The van der Waals surface area contributed by atoms with Crippen molar-refractivity contribution in [2.45, 2.75) is 17.6 Å². The van der Waals surface area contributed by atoms with Crippen LogP contribution in [0, 0.1) is 0 Å². The van der Waals surface area contributed by atoms with E-state index in [9.17, 15) is 18.7 Å². The fourth-order valence-corrected chi connectivity index (χ4v) is 2.84. The van der Waals surface area contributed by atoms with Gasteiger partial charge in [-0.15, -0.1) is 0 Å². The number of aliphatic hydroxyl groups excluding tert-OH is 1. The van der Waals surface area contributed by atoms with Gasteiger partial charge in [0.2, 0.25) is 0 Å². The van der Waals surface area contributed by atoms with E-state index in [1.165, 1.54) is 7.05 Å². The first-order valence-corrected chi connectivity index (χ1v) is 7.18. The summed E-state index contributed by atoms with van der Waals surface area (Å²) in [4.78, 5) is 12.0. The van der Waals surface area contributed by atoms with Gasteiger partial charge in [-0.2, -0.15) is 13.9 Å². The largest absolute Gasteiger partial charge is 0.407 e. The molecule has 0 fully saturated rings. The summed E-state index contributed by atoms with van der Waals surface area (Å²) in [5.41, 5.74) is 0.501. The van der Waals surface area contributed by atoms with Crippen LogP contribution in [0.15, 0.2) is 35.4 Å². The highest BCUT2D eigenvalue weighted by Crippen LogP contribution is 2.35. The van der Waals surface area contributed by atoms with Gasteiger partial charge in [0.05, 0.1) is 0 Å². The molecular weight excluding hydrogens is 316 g/mol. The molecule has 2 rings (SSSR count). The van der Waals surface area contributed by atoms with Crippen molar-refractivity contribution in [1.82, 2.24) is 5.01 Å². The number of carbonyl (C=O) groups is 1. The zero-order chi connectivity index (χ0) is 16.3. The van der Waals surface area contributed by atoms with Gasteiger partial charge >= 0.3 is 6.11 Å². The second-order valence-corrected chi connectivity index (χ2v) is 5.61. The lowest BCUT2D eigenvalue weighted by Crippen LogP contribution is -2.42. The molecule has 1 aliphatic rings. The Balaban J connectivity index is 2.02. The van der Waals surface area contributed by atoms with E-state index in [-0.39, 0.29) is 0 Å². The molecule has 0 spiro atoms. The number of aliphatic hydroxyl groups is 1. The quantitative estimate of drug-likeness (QED) is 0.856. The van der Waals surface area contributed by atoms with E-state index >= 15 is 0 Å². The molecule has 9 heteroatoms. The van der Waals surface area contributed by atoms with Crippen molar-refractivity contribution in [1.29, 1.82) is 0 Å². The molecule has 120 valence electrons. The van der Waals surface area contributed by atoms with Crippen LogP contribution in [0.5, 0.6) is 0 Å². The van der Waals surface area contributed by atoms with E-state index in [1.807, 2.05) is 0 Å². The predicted molar refractivity (Wildman–Crippen MR) is 79.6 cm³/mol. The first-order chi connectivity index (χ1) is 10.3. The van der Waals surface area contributed by atoms with Crippen LogP contribution in [0.2, 0.25) is 0 Å². The van der Waals surface area contributed by atoms with Crippen molar-refractivity contribution in [2.75, 3.05) is 19.5 Å². The van der Waals surface area contributed by atoms with Crippen LogP contribution < -0.4 is 5.32 Å². The van der Waals surface area contributed by atoms with E-state index in [0.29, 0.717) is 17.4 Å². The van der Waals surface area contributed by atoms with Gasteiger partial charge in [0.15, 0.2) is 11.1 Å². The Hall–Kier alpha value is -1.71. The standard InChI is InChI=1S/C13H15F2N3O3S/c1-18-11(22-12(17-18)13(14,15)21-2)9(19)10(20)16-8-6-4-3-5-7-8/h3-7,9,11,19H,1-2H3,(H,16,20). The fourth-order valence-electron chi connectivity index (χ4n) is 1.76. The highest BCUT2D eigenvalue weighted by atomic mass is 32.2. The molecule has 6 nitrogen and oxygen atoms in total. The third-order valence-corrected chi connectivity index (χ3v) is 4.28. The van der Waals surface area contributed by atoms with Gasteiger partial charge in [0.1, 0.15) is 5.37 Å². The summed E-state index contributed by atoms with van der Waals surface area (Å²) >= 11 is 0.587. The van der Waals surface area contributed by atoms with Gasteiger partial charge in [-0.05, 0) is 12.1 Å². The number of nitrogens with one attached hydrogen (secondary N) is 1. The number of likely N-dealkylation sites (N-methyl/N-ethyl adjacent to an activating group) is 1. The maximum atomic E-state index is 13.4. The van der Waals surface area contributed by atoms with E-state index in [4.69, 9.17) is 0 Å². The lowest BCUT2D eigenvalue weighted by atomic mass is 10.2. The van der Waals surface area contributed by atoms with E-state index in [2.05, 4.69) is 15.2 Å². The Morgan fingerprint density at radius 2 is 2.14 bits per heavy atom. The monoisotopic (exact) mass is 331 g/mol. The summed E-state index contributed by atoms with van der Waals surface area (Å²) in [7, 11) is 2.25. The van der Waals surface area contributed by atoms with Crippen LogP contribution in [0.25, 0.3) is 0 Å². The third kappa shape index (κ3) is 3.54. The van der Waals surface area contributed by atoms with E-state index in [1.54, 1.807) is 30.3 Å². The maximum absolute atomic E-state index is 13.4. The number of methoxy groups -OCH3 is 1. The summed E-state index contributed by atoms with van der Waals surface area (Å²) < 4.78 is 30.9. The maximum Gasteiger partial charge on any atom is 0.407 e. The number of benzene rings is 1. The first-order valence-electron chi connectivity index (χ1n) is 6.30. The highest BCUT2D eigenvalue weighted by Gasteiger charge is 2.46. The second kappa shape index (κ2) is 6.59. The number of alkyl halides is 2. The number of rotatable bonds is 5. The van der Waals surface area contributed by atoms with Gasteiger partial charge in [0.25, 0.3) is 5.91 Å². The number of carbonyl (C=O) groups excluding carboxylic acids is 1. The molecule has 1 heterocycles. The number of para-hydroxylation sites is 1. The molecule has 0 aromatic heterocycles. The van der Waals surface area contributed by atoms with Crippen LogP contribution >= 0.6 is 11.8 Å². The van der Waals surface area contributed by atoms with Gasteiger partial charge in [-0.3, -0.25) is 9.80 Å². The average Bonchev–Trinajstić information content (AvgIpc) is 2.90. The molecule has 0 radical (unpaired) electrons. The predicted octanol–water partition coefficient (Wildman–Crippen LogP) is 1.54. The fraction of sp³-hybridized carbons (Fsp3) is 0.385. The molecule has 22 heavy (non-hydrogen) atoms. The summed E-state index contributed by atoms with van der Waals surface area (Å²) in [5.74, 6) is -0.701.